The van der Waals surface area contributed by atoms with Crippen LogP contribution in [-0.2, 0) is 6.54 Å². The molecular formula is C24H19Cl3N2. The van der Waals surface area contributed by atoms with Crippen LogP contribution in [0.5, 0.6) is 0 Å². The lowest BCUT2D eigenvalue weighted by molar-refractivity contribution is 0.993. The normalized spacial score (nSPS) is 10.9. The molecule has 4 rings (SSSR count). The molecule has 0 aliphatic heterocycles. The second-order valence-corrected chi connectivity index (χ2v) is 8.08. The second-order valence-electron chi connectivity index (χ2n) is 6.80. The van der Waals surface area contributed by atoms with E-state index in [2.05, 4.69) is 35.0 Å². The summed E-state index contributed by atoms with van der Waals surface area (Å²) in [6.07, 6.45) is 0. The van der Waals surface area contributed by atoms with Crippen molar-refractivity contribution in [3.8, 4) is 16.9 Å². The van der Waals surface area contributed by atoms with Crippen molar-refractivity contribution in [3.05, 3.63) is 105 Å². The monoisotopic (exact) mass is 440 g/mol. The molecule has 0 saturated heterocycles. The molecule has 1 N–H and O–H groups in total. The SMILES string of the molecule is Cc1c(CNc2ccccc2)cc(-c2ccc(Cl)cc2)n1-c1ccc(Cl)cc1Cl. The summed E-state index contributed by atoms with van der Waals surface area (Å²) in [7, 11) is 0. The Bertz CT molecular complexity index is 1130. The Labute approximate surface area is 185 Å². The summed E-state index contributed by atoms with van der Waals surface area (Å²) in [5.74, 6) is 0. The fourth-order valence-electron chi connectivity index (χ4n) is 3.40. The van der Waals surface area contributed by atoms with E-state index in [0.29, 0.717) is 21.6 Å². The molecule has 0 amide bonds. The number of nitrogens with zero attached hydrogens (tertiary/aromatic N) is 1. The zero-order chi connectivity index (χ0) is 20.4. The van der Waals surface area contributed by atoms with Gasteiger partial charge in [-0.05, 0) is 66.6 Å². The Morgan fingerprint density at radius 2 is 1.48 bits per heavy atom. The molecule has 0 aliphatic carbocycles. The van der Waals surface area contributed by atoms with Gasteiger partial charge >= 0.3 is 0 Å². The van der Waals surface area contributed by atoms with E-state index in [1.54, 1.807) is 6.07 Å². The van der Waals surface area contributed by atoms with E-state index in [9.17, 15) is 0 Å². The van der Waals surface area contributed by atoms with Gasteiger partial charge in [0.1, 0.15) is 0 Å². The molecule has 0 aliphatic rings. The van der Waals surface area contributed by atoms with Gasteiger partial charge in [-0.2, -0.15) is 0 Å². The number of aromatic nitrogens is 1. The minimum atomic E-state index is 0.606. The largest absolute Gasteiger partial charge is 0.381 e. The summed E-state index contributed by atoms with van der Waals surface area (Å²) in [4.78, 5) is 0. The topological polar surface area (TPSA) is 17.0 Å². The smallest absolute Gasteiger partial charge is 0.0661 e. The van der Waals surface area contributed by atoms with Gasteiger partial charge in [0.25, 0.3) is 0 Å². The van der Waals surface area contributed by atoms with Crippen LogP contribution in [0.3, 0.4) is 0 Å². The zero-order valence-electron chi connectivity index (χ0n) is 15.8. The predicted molar refractivity (Wildman–Crippen MR) is 125 cm³/mol. The third-order valence-corrected chi connectivity index (χ3v) is 5.69. The summed E-state index contributed by atoms with van der Waals surface area (Å²) in [5.41, 5.74) is 6.39. The van der Waals surface area contributed by atoms with Gasteiger partial charge in [-0.3, -0.25) is 0 Å². The van der Waals surface area contributed by atoms with E-state index in [4.69, 9.17) is 34.8 Å². The fourth-order valence-corrected chi connectivity index (χ4v) is 4.02. The molecule has 0 fully saturated rings. The number of benzene rings is 3. The highest BCUT2D eigenvalue weighted by Gasteiger charge is 2.17. The standard InChI is InChI=1S/C24H19Cl3N2/c1-16-18(15-28-21-5-3-2-4-6-21)13-24(17-7-9-19(25)10-8-17)29(16)23-12-11-20(26)14-22(23)27/h2-14,28H,15H2,1H3. The number of hydrogen-bond acceptors (Lipinski definition) is 1. The molecule has 0 atom stereocenters. The van der Waals surface area contributed by atoms with Crippen molar-refractivity contribution in [2.45, 2.75) is 13.5 Å². The molecule has 0 unspecified atom stereocenters. The molecule has 29 heavy (non-hydrogen) atoms. The van der Waals surface area contributed by atoms with E-state index in [1.807, 2.05) is 54.6 Å². The number of halogens is 3. The van der Waals surface area contributed by atoms with Crippen LogP contribution in [0.1, 0.15) is 11.3 Å². The van der Waals surface area contributed by atoms with Crippen molar-refractivity contribution in [1.82, 2.24) is 4.57 Å². The highest BCUT2D eigenvalue weighted by molar-refractivity contribution is 6.35. The van der Waals surface area contributed by atoms with Gasteiger partial charge in [-0.25, -0.2) is 0 Å². The molecule has 0 radical (unpaired) electrons. The molecule has 0 saturated carbocycles. The van der Waals surface area contributed by atoms with Gasteiger partial charge in [0, 0.05) is 28.0 Å². The molecule has 1 heterocycles. The first kappa shape index (κ1) is 19.9. The summed E-state index contributed by atoms with van der Waals surface area (Å²) in [6, 6.07) is 25.8. The van der Waals surface area contributed by atoms with Crippen LogP contribution in [0.25, 0.3) is 16.9 Å². The molecule has 2 nitrogen and oxygen atoms in total. The van der Waals surface area contributed by atoms with Gasteiger partial charge in [-0.15, -0.1) is 0 Å². The summed E-state index contributed by atoms with van der Waals surface area (Å²) < 4.78 is 2.17. The summed E-state index contributed by atoms with van der Waals surface area (Å²) >= 11 is 18.8. The van der Waals surface area contributed by atoms with Gasteiger partial charge in [0.15, 0.2) is 0 Å². The number of anilines is 1. The number of rotatable bonds is 5. The quantitative estimate of drug-likeness (QED) is 0.332. The van der Waals surface area contributed by atoms with Gasteiger partial charge < -0.3 is 9.88 Å². The van der Waals surface area contributed by atoms with Gasteiger partial charge in [0.05, 0.1) is 16.4 Å². The molecular weight excluding hydrogens is 423 g/mol. The predicted octanol–water partition coefficient (Wildman–Crippen LogP) is 8.03. The van der Waals surface area contributed by atoms with Crippen molar-refractivity contribution in [1.29, 1.82) is 0 Å². The zero-order valence-corrected chi connectivity index (χ0v) is 18.1. The first-order chi connectivity index (χ1) is 14.0. The molecule has 0 bridgehead atoms. The van der Waals surface area contributed by atoms with Crippen LogP contribution in [0.15, 0.2) is 78.9 Å². The minimum absolute atomic E-state index is 0.606. The van der Waals surface area contributed by atoms with Gasteiger partial charge in [0.2, 0.25) is 0 Å². The Hall–Kier alpha value is -2.39. The molecule has 1 aromatic heterocycles. The van der Waals surface area contributed by atoms with Crippen LogP contribution in [0, 0.1) is 6.92 Å². The Balaban J connectivity index is 1.80. The average Bonchev–Trinajstić information content (AvgIpc) is 3.04. The van der Waals surface area contributed by atoms with Crippen molar-refractivity contribution in [2.24, 2.45) is 0 Å². The second kappa shape index (κ2) is 8.54. The molecule has 5 heteroatoms. The molecule has 146 valence electrons. The maximum absolute atomic E-state index is 6.56. The lowest BCUT2D eigenvalue weighted by atomic mass is 10.1. The fraction of sp³-hybridized carbons (Fsp3) is 0.0833. The summed E-state index contributed by atoms with van der Waals surface area (Å²) in [6.45, 7) is 2.81. The number of para-hydroxylation sites is 1. The third kappa shape index (κ3) is 4.30. The van der Waals surface area contributed by atoms with Crippen molar-refractivity contribution < 1.29 is 0 Å². The van der Waals surface area contributed by atoms with E-state index in [-0.39, 0.29) is 0 Å². The lowest BCUT2D eigenvalue weighted by Crippen LogP contribution is -2.03. The minimum Gasteiger partial charge on any atom is -0.381 e. The van der Waals surface area contributed by atoms with Crippen LogP contribution in [-0.4, -0.2) is 4.57 Å². The van der Waals surface area contributed by atoms with Crippen molar-refractivity contribution >= 4 is 40.5 Å². The van der Waals surface area contributed by atoms with Crippen LogP contribution >= 0.6 is 34.8 Å². The van der Waals surface area contributed by atoms with E-state index in [0.717, 1.165) is 28.3 Å². The van der Waals surface area contributed by atoms with Crippen LogP contribution < -0.4 is 5.32 Å². The number of nitrogens with one attached hydrogen (secondary N) is 1. The van der Waals surface area contributed by atoms with E-state index >= 15 is 0 Å². The Morgan fingerprint density at radius 3 is 2.17 bits per heavy atom. The van der Waals surface area contributed by atoms with Crippen molar-refractivity contribution in [3.63, 3.8) is 0 Å². The number of hydrogen-bond donors (Lipinski definition) is 1. The maximum Gasteiger partial charge on any atom is 0.0661 e. The highest BCUT2D eigenvalue weighted by Crippen LogP contribution is 2.34. The molecule has 0 spiro atoms. The van der Waals surface area contributed by atoms with Crippen molar-refractivity contribution in [2.75, 3.05) is 5.32 Å². The highest BCUT2D eigenvalue weighted by atomic mass is 35.5. The molecule has 4 aromatic rings. The molecule has 3 aromatic carbocycles. The Kier molecular flexibility index (Phi) is 5.86. The average molecular weight is 442 g/mol. The first-order valence-electron chi connectivity index (χ1n) is 9.24. The van der Waals surface area contributed by atoms with E-state index < -0.39 is 0 Å². The van der Waals surface area contributed by atoms with E-state index in [1.165, 1.54) is 5.56 Å². The third-order valence-electron chi connectivity index (χ3n) is 4.90. The van der Waals surface area contributed by atoms with Crippen LogP contribution in [0.4, 0.5) is 5.69 Å². The first-order valence-corrected chi connectivity index (χ1v) is 10.4. The maximum atomic E-state index is 6.56. The Morgan fingerprint density at radius 1 is 0.793 bits per heavy atom. The van der Waals surface area contributed by atoms with Crippen LogP contribution in [0.2, 0.25) is 15.1 Å². The lowest BCUT2D eigenvalue weighted by Gasteiger charge is -2.14. The van der Waals surface area contributed by atoms with Gasteiger partial charge in [-0.1, -0.05) is 65.1 Å². The summed E-state index contributed by atoms with van der Waals surface area (Å²) in [5, 5.41) is 5.42.